The second-order valence-electron chi connectivity index (χ2n) is 3.17. The van der Waals surface area contributed by atoms with Crippen LogP contribution < -0.4 is 0 Å². The van der Waals surface area contributed by atoms with Crippen molar-refractivity contribution in [3.8, 4) is 0 Å². The van der Waals surface area contributed by atoms with Crippen LogP contribution in [0.4, 0.5) is 0 Å². The van der Waals surface area contributed by atoms with Crippen molar-refractivity contribution in [1.82, 2.24) is 0 Å². The molecular weight excluding hydrogens is 164 g/mol. The Labute approximate surface area is 78.3 Å². The fourth-order valence-corrected chi connectivity index (χ4v) is 1.43. The topological polar surface area (TPSA) is 37.3 Å². The molecule has 0 aromatic heterocycles. The Morgan fingerprint density at radius 2 is 2.38 bits per heavy atom. The molecule has 1 aliphatic rings. The Balaban J connectivity index is 2.72. The monoisotopic (exact) mass is 178 g/mol. The van der Waals surface area contributed by atoms with Gasteiger partial charge in [0.1, 0.15) is 0 Å². The molecule has 0 spiro atoms. The number of aliphatic hydroxyl groups excluding tert-OH is 1. The van der Waals surface area contributed by atoms with Gasteiger partial charge in [-0.15, -0.1) is 0 Å². The van der Waals surface area contributed by atoms with E-state index in [2.05, 4.69) is 6.58 Å². The summed E-state index contributed by atoms with van der Waals surface area (Å²) >= 11 is 0. The van der Waals surface area contributed by atoms with Gasteiger partial charge < -0.3 is 5.11 Å². The molecule has 1 N–H and O–H groups in total. The van der Waals surface area contributed by atoms with E-state index in [1.807, 2.05) is 13.0 Å². The van der Waals surface area contributed by atoms with Gasteiger partial charge in [-0.3, -0.25) is 4.79 Å². The molecule has 1 atom stereocenters. The maximum Gasteiger partial charge on any atom is 0.162 e. The summed E-state index contributed by atoms with van der Waals surface area (Å²) < 4.78 is 0. The molecule has 2 heteroatoms. The van der Waals surface area contributed by atoms with Crippen LogP contribution in [-0.2, 0) is 4.79 Å². The van der Waals surface area contributed by atoms with Gasteiger partial charge in [-0.05, 0) is 18.9 Å². The Bertz CT molecular complexity index is 284. The second kappa shape index (κ2) is 4.19. The quantitative estimate of drug-likeness (QED) is 0.669. The van der Waals surface area contributed by atoms with E-state index in [0.717, 1.165) is 11.1 Å². The van der Waals surface area contributed by atoms with Crippen LogP contribution in [0.5, 0.6) is 0 Å². The van der Waals surface area contributed by atoms with E-state index in [4.69, 9.17) is 0 Å². The van der Waals surface area contributed by atoms with Gasteiger partial charge in [-0.1, -0.05) is 24.8 Å². The first kappa shape index (κ1) is 9.93. The summed E-state index contributed by atoms with van der Waals surface area (Å²) in [5.74, 6) is 0.0683. The molecule has 0 saturated heterocycles. The molecule has 2 nitrogen and oxygen atoms in total. The van der Waals surface area contributed by atoms with Gasteiger partial charge in [0.2, 0.25) is 0 Å². The van der Waals surface area contributed by atoms with Gasteiger partial charge in [0, 0.05) is 12.0 Å². The van der Waals surface area contributed by atoms with E-state index in [1.54, 1.807) is 12.2 Å². The van der Waals surface area contributed by atoms with Gasteiger partial charge in [-0.2, -0.15) is 0 Å². The maximum absolute atomic E-state index is 11.3. The molecule has 1 unspecified atom stereocenters. The van der Waals surface area contributed by atoms with E-state index in [0.29, 0.717) is 6.42 Å². The zero-order valence-electron chi connectivity index (χ0n) is 7.79. The van der Waals surface area contributed by atoms with Gasteiger partial charge >= 0.3 is 0 Å². The van der Waals surface area contributed by atoms with E-state index in [9.17, 15) is 9.90 Å². The van der Waals surface area contributed by atoms with Crippen molar-refractivity contribution in [3.63, 3.8) is 0 Å². The summed E-state index contributed by atoms with van der Waals surface area (Å²) in [6.07, 6.45) is 5.66. The number of rotatable bonds is 3. The van der Waals surface area contributed by atoms with Crippen molar-refractivity contribution in [2.24, 2.45) is 0 Å². The average molecular weight is 178 g/mol. The molecule has 0 aromatic carbocycles. The molecule has 0 bridgehead atoms. The summed E-state index contributed by atoms with van der Waals surface area (Å²) in [7, 11) is 0. The molecule has 70 valence electrons. The molecule has 1 aliphatic carbocycles. The number of allylic oxidation sites excluding steroid dienone is 4. The molecule has 0 amide bonds. The SMILES string of the molecule is C=CC=CCC1=C(C)C(O)CC1=O. The third-order valence-electron chi connectivity index (χ3n) is 2.29. The van der Waals surface area contributed by atoms with Crippen LogP contribution in [0.25, 0.3) is 0 Å². The first-order valence-electron chi connectivity index (χ1n) is 4.35. The number of carbonyl (C=O) groups excluding carboxylic acids is 1. The number of Topliss-reactive ketones (excluding diaryl/α,β-unsaturated/α-hetero) is 1. The average Bonchev–Trinajstić information content (AvgIpc) is 2.32. The highest BCUT2D eigenvalue weighted by Crippen LogP contribution is 2.25. The first-order valence-corrected chi connectivity index (χ1v) is 4.35. The van der Waals surface area contributed by atoms with Crippen LogP contribution in [-0.4, -0.2) is 17.0 Å². The number of carbonyl (C=O) groups is 1. The van der Waals surface area contributed by atoms with Crippen molar-refractivity contribution in [2.75, 3.05) is 0 Å². The van der Waals surface area contributed by atoms with Gasteiger partial charge in [-0.25, -0.2) is 0 Å². The highest BCUT2D eigenvalue weighted by molar-refractivity contribution is 5.99. The largest absolute Gasteiger partial charge is 0.388 e. The van der Waals surface area contributed by atoms with Crippen LogP contribution in [0.2, 0.25) is 0 Å². The van der Waals surface area contributed by atoms with E-state index in [-0.39, 0.29) is 12.2 Å². The summed E-state index contributed by atoms with van der Waals surface area (Å²) in [4.78, 5) is 11.3. The number of aliphatic hydroxyl groups is 1. The summed E-state index contributed by atoms with van der Waals surface area (Å²) in [5.41, 5.74) is 1.57. The normalized spacial score (nSPS) is 23.2. The number of ketones is 1. The predicted octanol–water partition coefficient (Wildman–Crippen LogP) is 1.77. The Morgan fingerprint density at radius 3 is 2.85 bits per heavy atom. The lowest BCUT2D eigenvalue weighted by Crippen LogP contribution is -2.03. The van der Waals surface area contributed by atoms with Crippen LogP contribution in [0.3, 0.4) is 0 Å². The Kier molecular flexibility index (Phi) is 3.20. The Hall–Kier alpha value is -1.15. The van der Waals surface area contributed by atoms with E-state index in [1.165, 1.54) is 0 Å². The lowest BCUT2D eigenvalue weighted by molar-refractivity contribution is -0.115. The molecule has 0 aliphatic heterocycles. The zero-order valence-corrected chi connectivity index (χ0v) is 7.79. The van der Waals surface area contributed by atoms with Gasteiger partial charge in [0.15, 0.2) is 5.78 Å². The maximum atomic E-state index is 11.3. The van der Waals surface area contributed by atoms with Crippen LogP contribution in [0.1, 0.15) is 19.8 Å². The number of hydrogen-bond donors (Lipinski definition) is 1. The molecule has 0 aromatic rings. The van der Waals surface area contributed by atoms with Crippen molar-refractivity contribution in [1.29, 1.82) is 0 Å². The van der Waals surface area contributed by atoms with Crippen LogP contribution in [0.15, 0.2) is 36.0 Å². The molecule has 0 radical (unpaired) electrons. The summed E-state index contributed by atoms with van der Waals surface area (Å²) in [6, 6.07) is 0. The third kappa shape index (κ3) is 2.16. The van der Waals surface area contributed by atoms with Crippen molar-refractivity contribution >= 4 is 5.78 Å². The standard InChI is InChI=1S/C11H14O2/c1-3-4-5-6-9-8(2)10(12)7-11(9)13/h3-5,10,12H,1,6-7H2,2H3. The first-order chi connectivity index (χ1) is 6.16. The highest BCUT2D eigenvalue weighted by Gasteiger charge is 2.26. The lowest BCUT2D eigenvalue weighted by Gasteiger charge is -1.99. The summed E-state index contributed by atoms with van der Waals surface area (Å²) in [6.45, 7) is 5.35. The van der Waals surface area contributed by atoms with Crippen LogP contribution >= 0.6 is 0 Å². The van der Waals surface area contributed by atoms with Crippen LogP contribution in [0, 0.1) is 0 Å². The fraction of sp³-hybridized carbons (Fsp3) is 0.364. The minimum Gasteiger partial charge on any atom is -0.388 e. The van der Waals surface area contributed by atoms with E-state index < -0.39 is 6.10 Å². The Morgan fingerprint density at radius 1 is 1.69 bits per heavy atom. The third-order valence-corrected chi connectivity index (χ3v) is 2.29. The number of hydrogen-bond acceptors (Lipinski definition) is 2. The minimum absolute atomic E-state index is 0.0683. The highest BCUT2D eigenvalue weighted by atomic mass is 16.3. The van der Waals surface area contributed by atoms with Crippen molar-refractivity contribution < 1.29 is 9.90 Å². The smallest absolute Gasteiger partial charge is 0.162 e. The summed E-state index contributed by atoms with van der Waals surface area (Å²) in [5, 5.41) is 9.37. The molecule has 13 heavy (non-hydrogen) atoms. The molecular formula is C11H14O2. The van der Waals surface area contributed by atoms with E-state index >= 15 is 0 Å². The second-order valence-corrected chi connectivity index (χ2v) is 3.17. The fourth-order valence-electron chi connectivity index (χ4n) is 1.43. The zero-order chi connectivity index (χ0) is 9.84. The van der Waals surface area contributed by atoms with Crippen molar-refractivity contribution in [3.05, 3.63) is 36.0 Å². The van der Waals surface area contributed by atoms with Crippen molar-refractivity contribution in [2.45, 2.75) is 25.9 Å². The lowest BCUT2D eigenvalue weighted by atomic mass is 10.1. The molecule has 0 heterocycles. The minimum atomic E-state index is -0.556. The molecule has 0 saturated carbocycles. The molecule has 1 rings (SSSR count). The van der Waals surface area contributed by atoms with Gasteiger partial charge in [0.25, 0.3) is 0 Å². The van der Waals surface area contributed by atoms with Gasteiger partial charge in [0.05, 0.1) is 6.10 Å². The predicted molar refractivity (Wildman–Crippen MR) is 52.3 cm³/mol. The molecule has 0 fully saturated rings.